The molecule has 0 aromatic rings. The summed E-state index contributed by atoms with van der Waals surface area (Å²) in [5.41, 5.74) is -0.395. The van der Waals surface area contributed by atoms with E-state index in [1.807, 2.05) is 0 Å². The molecule has 53 heavy (non-hydrogen) atoms. The van der Waals surface area contributed by atoms with Crippen molar-refractivity contribution in [2.45, 2.75) is 235 Å². The minimum Gasteiger partial charge on any atom is -0.465 e. The molecule has 0 spiro atoms. The molecule has 0 aliphatic rings. The van der Waals surface area contributed by atoms with Gasteiger partial charge in [-0.3, -0.25) is 9.59 Å². The first-order chi connectivity index (χ1) is 25.5. The summed E-state index contributed by atoms with van der Waals surface area (Å²) in [6, 6.07) is 0. The van der Waals surface area contributed by atoms with Crippen LogP contribution < -0.4 is 0 Å². The van der Waals surface area contributed by atoms with Gasteiger partial charge in [0.2, 0.25) is 0 Å². The van der Waals surface area contributed by atoms with E-state index in [0.717, 1.165) is 89.8 Å². The molecule has 0 aromatic carbocycles. The predicted molar refractivity (Wildman–Crippen MR) is 227 cm³/mol. The molecule has 0 aliphatic heterocycles. The van der Waals surface area contributed by atoms with Crippen molar-refractivity contribution in [2.75, 3.05) is 39.5 Å². The number of aliphatic hydroxyl groups is 1. The smallest absolute Gasteiger partial charge is 0.311 e. The molecule has 0 unspecified atom stereocenters. The summed E-state index contributed by atoms with van der Waals surface area (Å²) < 4.78 is 11.5. The molecule has 0 aromatic heterocycles. The van der Waals surface area contributed by atoms with Gasteiger partial charge < -0.3 is 19.5 Å². The highest BCUT2D eigenvalue weighted by Gasteiger charge is 2.28. The molecule has 6 nitrogen and oxygen atoms in total. The fourth-order valence-corrected chi connectivity index (χ4v) is 7.43. The quantitative estimate of drug-likeness (QED) is 0.0496. The molecule has 0 heterocycles. The van der Waals surface area contributed by atoms with Crippen LogP contribution in [0.15, 0.2) is 0 Å². The number of ether oxygens (including phenoxy) is 2. The summed E-state index contributed by atoms with van der Waals surface area (Å²) >= 11 is 0. The van der Waals surface area contributed by atoms with Gasteiger partial charge in [-0.25, -0.2) is 0 Å². The van der Waals surface area contributed by atoms with E-state index in [0.29, 0.717) is 19.6 Å². The molecule has 0 atom stereocenters. The summed E-state index contributed by atoms with van der Waals surface area (Å²) in [5.74, 6) is 0.733. The Hall–Kier alpha value is -1.14. The molecule has 0 aliphatic carbocycles. The summed E-state index contributed by atoms with van der Waals surface area (Å²) in [5, 5.41) is 9.32. The lowest BCUT2D eigenvalue weighted by atomic mass is 9.87. The second-order valence-corrected chi connectivity index (χ2v) is 18.0. The topological polar surface area (TPSA) is 76.1 Å². The van der Waals surface area contributed by atoms with Gasteiger partial charge in [-0.05, 0) is 103 Å². The van der Waals surface area contributed by atoms with E-state index in [-0.39, 0.29) is 24.0 Å². The predicted octanol–water partition coefficient (Wildman–Crippen LogP) is 13.4. The normalized spacial score (nSPS) is 12.3. The third-order valence-corrected chi connectivity index (χ3v) is 11.3. The third kappa shape index (κ3) is 32.8. The lowest BCUT2D eigenvalue weighted by Crippen LogP contribution is -2.28. The van der Waals surface area contributed by atoms with Gasteiger partial charge in [-0.15, -0.1) is 0 Å². The maximum Gasteiger partial charge on any atom is 0.311 e. The molecular formula is C47H93NO5. The van der Waals surface area contributed by atoms with E-state index in [4.69, 9.17) is 9.47 Å². The number of nitrogens with zero attached hydrogens (tertiary/aromatic N) is 1. The highest BCUT2D eigenvalue weighted by Crippen LogP contribution is 2.28. The number of esters is 2. The van der Waals surface area contributed by atoms with Crippen LogP contribution in [0.1, 0.15) is 235 Å². The zero-order valence-corrected chi connectivity index (χ0v) is 36.9. The minimum absolute atomic E-state index is 0.0205. The molecule has 1 N–H and O–H groups in total. The maximum absolute atomic E-state index is 12.9. The Morgan fingerprint density at radius 2 is 1.02 bits per heavy atom. The first-order valence-corrected chi connectivity index (χ1v) is 23.2. The summed E-state index contributed by atoms with van der Waals surface area (Å²) in [4.78, 5) is 27.8. The van der Waals surface area contributed by atoms with Crippen molar-refractivity contribution in [3.8, 4) is 0 Å². The maximum atomic E-state index is 12.9. The Labute approximate surface area is 331 Å². The highest BCUT2D eigenvalue weighted by atomic mass is 16.5. The fourth-order valence-electron chi connectivity index (χ4n) is 7.43. The van der Waals surface area contributed by atoms with Crippen LogP contribution in [0.3, 0.4) is 0 Å². The minimum atomic E-state index is -0.415. The van der Waals surface area contributed by atoms with Gasteiger partial charge in [-0.2, -0.15) is 0 Å². The van der Waals surface area contributed by atoms with Crippen molar-refractivity contribution < 1.29 is 24.2 Å². The van der Waals surface area contributed by atoms with Crippen LogP contribution in [0, 0.1) is 16.7 Å². The van der Waals surface area contributed by atoms with Gasteiger partial charge >= 0.3 is 11.9 Å². The van der Waals surface area contributed by atoms with E-state index in [9.17, 15) is 14.7 Å². The van der Waals surface area contributed by atoms with Gasteiger partial charge in [-0.1, -0.05) is 157 Å². The molecule has 0 saturated carbocycles. The lowest BCUT2D eigenvalue weighted by molar-refractivity contribution is -0.154. The number of hydrogen-bond acceptors (Lipinski definition) is 6. The largest absolute Gasteiger partial charge is 0.465 e. The Morgan fingerprint density at radius 1 is 0.547 bits per heavy atom. The molecule has 0 saturated heterocycles. The molecule has 0 radical (unpaired) electrons. The van der Waals surface area contributed by atoms with Crippen LogP contribution in [0.5, 0.6) is 0 Å². The lowest BCUT2D eigenvalue weighted by Gasteiger charge is -2.25. The van der Waals surface area contributed by atoms with Gasteiger partial charge in [0.05, 0.1) is 18.6 Å². The van der Waals surface area contributed by atoms with E-state index < -0.39 is 5.41 Å². The number of aliphatic hydroxyl groups excluding tert-OH is 1. The van der Waals surface area contributed by atoms with Crippen LogP contribution in [0.25, 0.3) is 0 Å². The monoisotopic (exact) mass is 752 g/mol. The average Bonchev–Trinajstić information content (AvgIpc) is 3.13. The zero-order chi connectivity index (χ0) is 39.5. The summed E-state index contributed by atoms with van der Waals surface area (Å²) in [6.45, 7) is 20.0. The summed E-state index contributed by atoms with van der Waals surface area (Å²) in [6.07, 6.45) is 33.8. The Morgan fingerprint density at radius 3 is 1.62 bits per heavy atom. The molecule has 0 bridgehead atoms. The van der Waals surface area contributed by atoms with E-state index >= 15 is 0 Å². The van der Waals surface area contributed by atoms with Crippen molar-refractivity contribution >= 4 is 11.9 Å². The van der Waals surface area contributed by atoms with E-state index in [1.165, 1.54) is 116 Å². The van der Waals surface area contributed by atoms with Crippen molar-refractivity contribution in [3.63, 3.8) is 0 Å². The van der Waals surface area contributed by atoms with Gasteiger partial charge in [0.15, 0.2) is 0 Å². The average molecular weight is 752 g/mol. The van der Waals surface area contributed by atoms with Crippen molar-refractivity contribution in [3.05, 3.63) is 0 Å². The fraction of sp³-hybridized carbons (Fsp3) is 0.957. The second kappa shape index (κ2) is 35.3. The van der Waals surface area contributed by atoms with Crippen molar-refractivity contribution in [1.82, 2.24) is 4.90 Å². The summed E-state index contributed by atoms with van der Waals surface area (Å²) in [7, 11) is 0. The third-order valence-electron chi connectivity index (χ3n) is 11.3. The number of hydrogen-bond donors (Lipinski definition) is 1. The van der Waals surface area contributed by atoms with Crippen molar-refractivity contribution in [1.29, 1.82) is 0 Å². The first-order valence-electron chi connectivity index (χ1n) is 23.2. The zero-order valence-electron chi connectivity index (χ0n) is 36.9. The van der Waals surface area contributed by atoms with Crippen LogP contribution >= 0.6 is 0 Å². The van der Waals surface area contributed by atoms with Gasteiger partial charge in [0.1, 0.15) is 0 Å². The molecule has 0 fully saturated rings. The second-order valence-electron chi connectivity index (χ2n) is 18.0. The number of carbonyl (C=O) groups is 2. The van der Waals surface area contributed by atoms with Crippen molar-refractivity contribution in [2.24, 2.45) is 16.7 Å². The SMILES string of the molecule is CCCCCCCCCC(=O)OCC(C)(C)CCCCCN(CCCCO)CCCCCCC(C)(C)C(=O)OCCCC(CCCCC)CCCCC. The first kappa shape index (κ1) is 51.9. The number of carbonyl (C=O) groups excluding carboxylic acids is 2. The van der Waals surface area contributed by atoms with Gasteiger partial charge in [0, 0.05) is 13.0 Å². The number of unbranched alkanes of at least 4 members (excludes halogenated alkanes) is 16. The molecule has 0 rings (SSSR count). The van der Waals surface area contributed by atoms with Crippen LogP contribution in [0.4, 0.5) is 0 Å². The van der Waals surface area contributed by atoms with E-state index in [2.05, 4.69) is 53.4 Å². The van der Waals surface area contributed by atoms with E-state index in [1.54, 1.807) is 0 Å². The van der Waals surface area contributed by atoms with Crippen LogP contribution in [0.2, 0.25) is 0 Å². The standard InChI is InChI=1S/C47H93NO5/c1-8-11-14-15-16-17-23-34-44(50)53-42-46(4,5)35-24-20-27-38-48(39-28-29-40-49)37-26-19-18-25-36-47(6,7)45(51)52-41-30-33-43(31-21-12-9-2)32-22-13-10-3/h43,49H,8-42H2,1-7H3. The molecule has 6 heteroatoms. The molecular weight excluding hydrogens is 659 g/mol. The Bertz CT molecular complexity index is 818. The Kier molecular flexibility index (Phi) is 34.5. The van der Waals surface area contributed by atoms with Crippen LogP contribution in [-0.2, 0) is 19.1 Å². The molecule has 0 amide bonds. The molecule has 316 valence electrons. The number of rotatable bonds is 40. The van der Waals surface area contributed by atoms with Crippen LogP contribution in [-0.4, -0.2) is 61.4 Å². The van der Waals surface area contributed by atoms with Gasteiger partial charge in [0.25, 0.3) is 0 Å². The Balaban J connectivity index is 4.27. The highest BCUT2D eigenvalue weighted by molar-refractivity contribution is 5.75.